The minimum absolute atomic E-state index is 0.0510. The number of carbonyl (C=O) groups is 1. The zero-order valence-corrected chi connectivity index (χ0v) is 21.4. The molecule has 13 heteroatoms. The van der Waals surface area contributed by atoms with Crippen molar-refractivity contribution < 1.29 is 23.9 Å². The van der Waals surface area contributed by atoms with Crippen LogP contribution in [0.2, 0.25) is 0 Å². The molecule has 36 heavy (non-hydrogen) atoms. The third-order valence-corrected chi connectivity index (χ3v) is 4.68. The molecule has 200 valence electrons. The van der Waals surface area contributed by atoms with Crippen molar-refractivity contribution in [1.29, 1.82) is 0 Å². The van der Waals surface area contributed by atoms with E-state index in [0.717, 1.165) is 51.6 Å². The normalized spacial score (nSPS) is 12.4. The van der Waals surface area contributed by atoms with Crippen molar-refractivity contribution in [3.63, 3.8) is 0 Å². The van der Waals surface area contributed by atoms with Gasteiger partial charge in [-0.3, -0.25) is 10.1 Å². The summed E-state index contributed by atoms with van der Waals surface area (Å²) in [7, 11) is 1.68. The van der Waals surface area contributed by atoms with Crippen molar-refractivity contribution in [3.05, 3.63) is 34.0 Å². The summed E-state index contributed by atoms with van der Waals surface area (Å²) in [5.74, 6) is 0.638. The first-order valence-electron chi connectivity index (χ1n) is 11.7. The summed E-state index contributed by atoms with van der Waals surface area (Å²) in [5, 5.41) is 13.3. The van der Waals surface area contributed by atoms with Gasteiger partial charge in [0.25, 0.3) is 0 Å². The first-order chi connectivity index (χ1) is 17.4. The zero-order chi connectivity index (χ0) is 26.8. The van der Waals surface area contributed by atoms with Gasteiger partial charge in [0.1, 0.15) is 12.1 Å². The summed E-state index contributed by atoms with van der Waals surface area (Å²) in [4.78, 5) is 34.6. The van der Waals surface area contributed by atoms with Crippen molar-refractivity contribution >= 4 is 29.4 Å². The van der Waals surface area contributed by atoms with Crippen LogP contribution in [0.15, 0.2) is 18.3 Å². The van der Waals surface area contributed by atoms with E-state index in [4.69, 9.17) is 15.2 Å². The summed E-state index contributed by atoms with van der Waals surface area (Å²) in [6, 6.07) is 4.08. The molecule has 0 spiro atoms. The van der Waals surface area contributed by atoms with Gasteiger partial charge in [0, 0.05) is 33.0 Å². The number of nitrogen functional groups attached to an aromatic ring is 1. The average molecular weight is 508 g/mol. The molecule has 0 unspecified atom stereocenters. The zero-order valence-electron chi connectivity index (χ0n) is 21.4. The SMILES string of the molecule is CCCCOc1nc(N)c([N+](=O)[O-])c(NCC=O)n1.CCOC.Cc1ccnc(N2CCOCC2)c1. The maximum Gasteiger partial charge on any atom is 0.353 e. The molecule has 1 fully saturated rings. The van der Waals surface area contributed by atoms with Crippen molar-refractivity contribution in [2.75, 3.05) is 69.1 Å². The highest BCUT2D eigenvalue weighted by atomic mass is 16.6. The van der Waals surface area contributed by atoms with E-state index in [1.807, 2.05) is 26.1 Å². The number of pyridine rings is 1. The van der Waals surface area contributed by atoms with E-state index in [0.29, 0.717) is 12.9 Å². The molecule has 0 amide bonds. The second-order valence-corrected chi connectivity index (χ2v) is 7.46. The van der Waals surface area contributed by atoms with E-state index < -0.39 is 10.6 Å². The standard InChI is InChI=1S/C10H15N5O4.C10H14N2O.C3H8O/c1-2-3-6-19-10-13-8(11)7(15(17)18)9(14-10)12-4-5-16;1-9-2-3-11-10(8-9)12-4-6-13-7-5-12;1-3-4-2/h5H,2-4,6H2,1H3,(H3,11,12,13,14);2-3,8H,4-7H2,1H3;3H2,1-2H3. The molecule has 3 heterocycles. The van der Waals surface area contributed by atoms with Gasteiger partial charge in [-0.1, -0.05) is 13.3 Å². The van der Waals surface area contributed by atoms with Gasteiger partial charge in [-0.2, -0.15) is 9.97 Å². The van der Waals surface area contributed by atoms with Crippen LogP contribution in [0.5, 0.6) is 6.01 Å². The Hall–Kier alpha value is -3.58. The summed E-state index contributed by atoms with van der Waals surface area (Å²) in [6.07, 6.45) is 4.15. The molecule has 1 aliphatic heterocycles. The molecule has 2 aromatic rings. The van der Waals surface area contributed by atoms with Gasteiger partial charge in [0.2, 0.25) is 11.6 Å². The van der Waals surface area contributed by atoms with E-state index in [1.54, 1.807) is 7.11 Å². The van der Waals surface area contributed by atoms with Crippen LogP contribution >= 0.6 is 0 Å². The van der Waals surface area contributed by atoms with E-state index in [2.05, 4.69) is 42.9 Å². The number of morpholine rings is 1. The summed E-state index contributed by atoms with van der Waals surface area (Å²) in [5.41, 5.74) is 6.29. The van der Waals surface area contributed by atoms with Crippen LogP contribution in [0.1, 0.15) is 32.3 Å². The van der Waals surface area contributed by atoms with Gasteiger partial charge in [-0.15, -0.1) is 0 Å². The van der Waals surface area contributed by atoms with Crippen molar-refractivity contribution in [2.45, 2.75) is 33.6 Å². The largest absolute Gasteiger partial charge is 0.463 e. The monoisotopic (exact) mass is 507 g/mol. The molecule has 0 atom stereocenters. The molecule has 3 rings (SSSR count). The van der Waals surface area contributed by atoms with Crippen LogP contribution in [-0.4, -0.2) is 79.3 Å². The van der Waals surface area contributed by atoms with Crippen LogP contribution < -0.4 is 20.7 Å². The predicted molar refractivity (Wildman–Crippen MR) is 138 cm³/mol. The minimum Gasteiger partial charge on any atom is -0.463 e. The number of unbranched alkanes of at least 4 members (excludes halogenated alkanes) is 1. The number of hydrogen-bond donors (Lipinski definition) is 2. The lowest BCUT2D eigenvalue weighted by molar-refractivity contribution is -0.383. The van der Waals surface area contributed by atoms with Crippen LogP contribution in [0, 0.1) is 17.0 Å². The second-order valence-electron chi connectivity index (χ2n) is 7.46. The lowest BCUT2D eigenvalue weighted by Crippen LogP contribution is -2.36. The Labute approximate surface area is 211 Å². The number of nitrogens with one attached hydrogen (secondary N) is 1. The fourth-order valence-corrected chi connectivity index (χ4v) is 2.75. The Morgan fingerprint density at radius 3 is 2.56 bits per heavy atom. The number of rotatable bonds is 10. The first kappa shape index (κ1) is 30.5. The van der Waals surface area contributed by atoms with Gasteiger partial charge in [0.05, 0.1) is 31.3 Å². The number of nitro groups is 1. The van der Waals surface area contributed by atoms with E-state index in [1.165, 1.54) is 5.56 Å². The Morgan fingerprint density at radius 2 is 2.00 bits per heavy atom. The molecule has 2 aromatic heterocycles. The van der Waals surface area contributed by atoms with Gasteiger partial charge in [-0.05, 0) is 38.0 Å². The van der Waals surface area contributed by atoms with E-state index >= 15 is 0 Å². The molecular formula is C23H37N7O6. The van der Waals surface area contributed by atoms with Crippen LogP contribution in [0.3, 0.4) is 0 Å². The van der Waals surface area contributed by atoms with E-state index in [9.17, 15) is 14.9 Å². The molecule has 0 radical (unpaired) electrons. The molecule has 0 bridgehead atoms. The van der Waals surface area contributed by atoms with Gasteiger partial charge < -0.3 is 35.0 Å². The lowest BCUT2D eigenvalue weighted by Gasteiger charge is -2.27. The molecule has 3 N–H and O–H groups in total. The summed E-state index contributed by atoms with van der Waals surface area (Å²) < 4.78 is 15.1. The molecule has 13 nitrogen and oxygen atoms in total. The number of nitrogens with zero attached hydrogens (tertiary/aromatic N) is 5. The number of aldehydes is 1. The number of aryl methyl sites for hydroxylation is 1. The molecule has 1 aliphatic rings. The highest BCUT2D eigenvalue weighted by molar-refractivity contribution is 5.70. The Morgan fingerprint density at radius 1 is 1.31 bits per heavy atom. The van der Waals surface area contributed by atoms with Gasteiger partial charge in [-0.25, -0.2) is 4.98 Å². The van der Waals surface area contributed by atoms with Crippen LogP contribution in [0.4, 0.5) is 23.1 Å². The van der Waals surface area contributed by atoms with Crippen molar-refractivity contribution in [3.8, 4) is 6.01 Å². The maximum absolute atomic E-state index is 10.9. The highest BCUT2D eigenvalue weighted by Gasteiger charge is 2.23. The maximum atomic E-state index is 10.9. The Balaban J connectivity index is 0.000000328. The molecule has 0 aliphatic carbocycles. The van der Waals surface area contributed by atoms with E-state index in [-0.39, 0.29) is 24.2 Å². The van der Waals surface area contributed by atoms with Crippen LogP contribution in [-0.2, 0) is 14.3 Å². The average Bonchev–Trinajstić information content (AvgIpc) is 2.88. The van der Waals surface area contributed by atoms with Crippen molar-refractivity contribution in [1.82, 2.24) is 15.0 Å². The molecule has 0 aromatic carbocycles. The topological polar surface area (TPSA) is 168 Å². The van der Waals surface area contributed by atoms with Crippen LogP contribution in [0.25, 0.3) is 0 Å². The molecule has 0 saturated carbocycles. The van der Waals surface area contributed by atoms with Gasteiger partial charge in [0.15, 0.2) is 0 Å². The Kier molecular flexibility index (Phi) is 15.1. The third-order valence-electron chi connectivity index (χ3n) is 4.68. The number of anilines is 3. The predicted octanol–water partition coefficient (Wildman–Crippen LogP) is 2.64. The molecular weight excluding hydrogens is 470 g/mol. The number of nitrogens with two attached hydrogens (primary N) is 1. The highest BCUT2D eigenvalue weighted by Crippen LogP contribution is 2.29. The number of methoxy groups -OCH3 is 1. The van der Waals surface area contributed by atoms with Crippen molar-refractivity contribution in [2.24, 2.45) is 0 Å². The number of hydrogen-bond acceptors (Lipinski definition) is 12. The summed E-state index contributed by atoms with van der Waals surface area (Å²) >= 11 is 0. The fraction of sp³-hybridized carbons (Fsp3) is 0.565. The number of aromatic nitrogens is 3. The quantitative estimate of drug-likeness (QED) is 0.209. The van der Waals surface area contributed by atoms with Gasteiger partial charge >= 0.3 is 11.7 Å². The molecule has 1 saturated heterocycles. The second kappa shape index (κ2) is 17.8. The number of carbonyl (C=O) groups excluding carboxylic acids is 1. The Bertz CT molecular complexity index is 924. The minimum atomic E-state index is -0.710. The fourth-order valence-electron chi connectivity index (χ4n) is 2.75. The number of ether oxygens (including phenoxy) is 3. The lowest BCUT2D eigenvalue weighted by atomic mass is 10.3. The summed E-state index contributed by atoms with van der Waals surface area (Å²) in [6.45, 7) is 10.7. The third kappa shape index (κ3) is 11.2. The first-order valence-corrected chi connectivity index (χ1v) is 11.7. The smallest absolute Gasteiger partial charge is 0.353 e.